The first-order valence-corrected chi connectivity index (χ1v) is 3.08. The maximum atomic E-state index is 8.46. The van der Waals surface area contributed by atoms with Crippen LogP contribution in [0.2, 0.25) is 0 Å². The maximum absolute atomic E-state index is 8.46. The van der Waals surface area contributed by atoms with Gasteiger partial charge in [0, 0.05) is 18.9 Å². The summed E-state index contributed by atoms with van der Waals surface area (Å²) in [4.78, 5) is 3.80. The summed E-state index contributed by atoms with van der Waals surface area (Å²) in [6, 6.07) is 3.62. The van der Waals surface area contributed by atoms with E-state index in [0.29, 0.717) is 12.1 Å². The molecule has 4 nitrogen and oxygen atoms in total. The minimum atomic E-state index is 0.308. The van der Waals surface area contributed by atoms with Crippen molar-refractivity contribution in [3.63, 3.8) is 0 Å². The van der Waals surface area contributed by atoms with E-state index in [-0.39, 0.29) is 0 Å². The number of pyridine rings is 1. The molecule has 0 spiro atoms. The van der Waals surface area contributed by atoms with Crippen LogP contribution in [-0.4, -0.2) is 10.2 Å². The van der Waals surface area contributed by atoms with Gasteiger partial charge in [0.15, 0.2) is 0 Å². The van der Waals surface area contributed by atoms with Crippen LogP contribution >= 0.6 is 0 Å². The summed E-state index contributed by atoms with van der Waals surface area (Å²) in [7, 11) is 0. The fourth-order valence-corrected chi connectivity index (χ4v) is 0.737. The van der Waals surface area contributed by atoms with Crippen molar-refractivity contribution in [2.24, 2.45) is 0 Å². The van der Waals surface area contributed by atoms with Crippen LogP contribution in [0.5, 0.6) is 0 Å². The molecule has 0 atom stereocenters. The number of aromatic nitrogens is 1. The summed E-state index contributed by atoms with van der Waals surface area (Å²) in [5.41, 5.74) is 3.27. The van der Waals surface area contributed by atoms with Crippen LogP contribution in [0, 0.1) is 11.3 Å². The third kappa shape index (κ3) is 2.00. The molecule has 56 valence electrons. The average Bonchev–Trinajstić information content (AvgIpc) is 2.06. The molecule has 0 saturated carbocycles. The number of hydrogen-bond donors (Lipinski definition) is 2. The highest BCUT2D eigenvalue weighted by Gasteiger charge is 1.93. The quantitative estimate of drug-likeness (QED) is 0.598. The first-order chi connectivity index (χ1) is 5.36. The largest absolute Gasteiger partial charge is 0.316 e. The van der Waals surface area contributed by atoms with Crippen molar-refractivity contribution < 1.29 is 5.21 Å². The molecule has 1 aromatic rings. The van der Waals surface area contributed by atoms with Crippen LogP contribution in [0.4, 0.5) is 0 Å². The molecule has 0 fully saturated rings. The summed E-state index contributed by atoms with van der Waals surface area (Å²) in [6.07, 6.45) is 3.06. The van der Waals surface area contributed by atoms with Gasteiger partial charge in [-0.15, -0.1) is 0 Å². The molecule has 0 aliphatic rings. The van der Waals surface area contributed by atoms with E-state index < -0.39 is 0 Å². The van der Waals surface area contributed by atoms with E-state index in [1.165, 1.54) is 6.20 Å². The van der Waals surface area contributed by atoms with Gasteiger partial charge in [-0.1, -0.05) is 0 Å². The highest BCUT2D eigenvalue weighted by atomic mass is 16.5. The highest BCUT2D eigenvalue weighted by Crippen LogP contribution is 1.99. The van der Waals surface area contributed by atoms with Crippen LogP contribution in [0.15, 0.2) is 18.5 Å². The van der Waals surface area contributed by atoms with E-state index in [9.17, 15) is 0 Å². The summed E-state index contributed by atoms with van der Waals surface area (Å²) >= 11 is 0. The van der Waals surface area contributed by atoms with Gasteiger partial charge in [-0.25, -0.2) is 5.48 Å². The molecule has 0 unspecified atom stereocenters. The zero-order chi connectivity index (χ0) is 8.10. The lowest BCUT2D eigenvalue weighted by molar-refractivity contribution is 0.161. The Bertz CT molecular complexity index is 279. The van der Waals surface area contributed by atoms with Crippen LogP contribution in [0.25, 0.3) is 0 Å². The molecule has 1 aromatic heterocycles. The fourth-order valence-electron chi connectivity index (χ4n) is 0.737. The topological polar surface area (TPSA) is 68.9 Å². The molecule has 0 radical (unpaired) electrons. The molecule has 0 bridgehead atoms. The standard InChI is InChI=1S/C7H7N3O/c8-2-6-1-7(5-10-11)4-9-3-6/h1,3-4,10-11H,5H2. The van der Waals surface area contributed by atoms with Gasteiger partial charge in [0.1, 0.15) is 6.07 Å². The first kappa shape index (κ1) is 7.66. The third-order valence-electron chi connectivity index (χ3n) is 1.21. The molecule has 0 amide bonds. The van der Waals surface area contributed by atoms with Crippen molar-refractivity contribution >= 4 is 0 Å². The Kier molecular flexibility index (Phi) is 2.55. The van der Waals surface area contributed by atoms with E-state index in [0.717, 1.165) is 5.56 Å². The molecule has 0 aliphatic carbocycles. The number of hydroxylamine groups is 1. The van der Waals surface area contributed by atoms with E-state index in [1.807, 2.05) is 11.5 Å². The zero-order valence-electron chi connectivity index (χ0n) is 5.78. The van der Waals surface area contributed by atoms with Crippen molar-refractivity contribution in [2.75, 3.05) is 0 Å². The second kappa shape index (κ2) is 3.66. The number of nitrogens with zero attached hydrogens (tertiary/aromatic N) is 2. The number of nitrogens with one attached hydrogen (secondary N) is 1. The van der Waals surface area contributed by atoms with Gasteiger partial charge in [-0.3, -0.25) is 4.98 Å². The van der Waals surface area contributed by atoms with Crippen molar-refractivity contribution in [3.05, 3.63) is 29.6 Å². The molecule has 0 aliphatic heterocycles. The van der Waals surface area contributed by atoms with E-state index in [1.54, 1.807) is 12.3 Å². The predicted octanol–water partition coefficient (Wildman–Crippen LogP) is 0.432. The smallest absolute Gasteiger partial charge is 0.101 e. The van der Waals surface area contributed by atoms with Crippen LogP contribution in [-0.2, 0) is 6.54 Å². The lowest BCUT2D eigenvalue weighted by atomic mass is 10.2. The van der Waals surface area contributed by atoms with Gasteiger partial charge in [0.05, 0.1) is 5.56 Å². The second-order valence-corrected chi connectivity index (χ2v) is 2.03. The van der Waals surface area contributed by atoms with Gasteiger partial charge < -0.3 is 5.21 Å². The predicted molar refractivity (Wildman–Crippen MR) is 37.6 cm³/mol. The molecule has 0 aromatic carbocycles. The molecule has 1 rings (SSSR count). The van der Waals surface area contributed by atoms with E-state index >= 15 is 0 Å². The Balaban J connectivity index is 2.85. The normalized spacial score (nSPS) is 9.09. The average molecular weight is 149 g/mol. The molecule has 1 heterocycles. The molecule has 0 saturated heterocycles. The van der Waals surface area contributed by atoms with Gasteiger partial charge in [0.25, 0.3) is 0 Å². The fraction of sp³-hybridized carbons (Fsp3) is 0.143. The van der Waals surface area contributed by atoms with Crippen LogP contribution in [0.3, 0.4) is 0 Å². The van der Waals surface area contributed by atoms with E-state index in [4.69, 9.17) is 10.5 Å². The second-order valence-electron chi connectivity index (χ2n) is 2.03. The van der Waals surface area contributed by atoms with Crippen LogP contribution < -0.4 is 5.48 Å². The molecule has 11 heavy (non-hydrogen) atoms. The summed E-state index contributed by atoms with van der Waals surface area (Å²) in [6.45, 7) is 0.308. The Morgan fingerprint density at radius 2 is 2.45 bits per heavy atom. The summed E-state index contributed by atoms with van der Waals surface area (Å²) in [5, 5.41) is 16.8. The molecule has 2 N–H and O–H groups in total. The number of hydrogen-bond acceptors (Lipinski definition) is 4. The third-order valence-corrected chi connectivity index (χ3v) is 1.21. The van der Waals surface area contributed by atoms with Crippen molar-refractivity contribution in [2.45, 2.75) is 6.54 Å². The Hall–Kier alpha value is -1.44. The monoisotopic (exact) mass is 149 g/mol. The Morgan fingerprint density at radius 3 is 3.09 bits per heavy atom. The summed E-state index contributed by atoms with van der Waals surface area (Å²) in [5.74, 6) is 0. The van der Waals surface area contributed by atoms with Crippen molar-refractivity contribution in [3.8, 4) is 6.07 Å². The van der Waals surface area contributed by atoms with Gasteiger partial charge in [0.2, 0.25) is 0 Å². The number of nitriles is 1. The lowest BCUT2D eigenvalue weighted by Crippen LogP contribution is -2.06. The molecular weight excluding hydrogens is 142 g/mol. The molecule has 4 heteroatoms. The van der Waals surface area contributed by atoms with Crippen molar-refractivity contribution in [1.29, 1.82) is 5.26 Å². The van der Waals surface area contributed by atoms with E-state index in [2.05, 4.69) is 4.98 Å². The number of rotatable bonds is 2. The molecular formula is C7H7N3O. The minimum Gasteiger partial charge on any atom is -0.316 e. The Labute approximate surface area is 64.1 Å². The maximum Gasteiger partial charge on any atom is 0.101 e. The van der Waals surface area contributed by atoms with Gasteiger partial charge in [-0.05, 0) is 11.6 Å². The Morgan fingerprint density at radius 1 is 1.64 bits per heavy atom. The zero-order valence-corrected chi connectivity index (χ0v) is 5.78. The highest BCUT2D eigenvalue weighted by molar-refractivity contribution is 5.28. The summed E-state index contributed by atoms with van der Waals surface area (Å²) < 4.78 is 0. The first-order valence-electron chi connectivity index (χ1n) is 3.08. The van der Waals surface area contributed by atoms with Crippen LogP contribution in [0.1, 0.15) is 11.1 Å². The SMILES string of the molecule is N#Cc1cncc(CNO)c1. The van der Waals surface area contributed by atoms with Crippen molar-refractivity contribution in [1.82, 2.24) is 10.5 Å². The van der Waals surface area contributed by atoms with Gasteiger partial charge in [-0.2, -0.15) is 5.26 Å². The lowest BCUT2D eigenvalue weighted by Gasteiger charge is -1.96. The minimum absolute atomic E-state index is 0.308. The van der Waals surface area contributed by atoms with Gasteiger partial charge >= 0.3 is 0 Å².